The fourth-order valence-electron chi connectivity index (χ4n) is 0. The average Bonchev–Trinajstić information content (AvgIpc) is 1.00. The van der Waals surface area contributed by atoms with E-state index in [0.717, 1.165) is 0 Å². The van der Waals surface area contributed by atoms with Crippen LogP contribution in [-0.4, -0.2) is 37.4 Å². The van der Waals surface area contributed by atoms with Gasteiger partial charge < -0.3 is 0 Å². The summed E-state index contributed by atoms with van der Waals surface area (Å²) in [4.78, 5) is 0. The van der Waals surface area contributed by atoms with Gasteiger partial charge in [-0.05, 0) is 0 Å². The SMILES string of the molecule is [La].[LiH].[O]=[GaH].[Zr]. The van der Waals surface area contributed by atoms with Gasteiger partial charge in [-0.3, -0.25) is 0 Å². The standard InChI is InChI=1S/Ga.La.Li.O.Zr.2H. The summed E-state index contributed by atoms with van der Waals surface area (Å²) in [5.74, 6) is 0. The molecule has 0 saturated heterocycles. The molecule has 1 radical (unpaired) electrons. The summed E-state index contributed by atoms with van der Waals surface area (Å²) in [6, 6.07) is 0. The van der Waals surface area contributed by atoms with Gasteiger partial charge in [0.1, 0.15) is 0 Å². The quantitative estimate of drug-likeness (QED) is 0.500. The van der Waals surface area contributed by atoms with E-state index in [1.807, 2.05) is 0 Å². The summed E-state index contributed by atoms with van der Waals surface area (Å²) in [6.07, 6.45) is 0. The molecule has 0 N–H and O–H groups in total. The Balaban J connectivity index is -0.00000000167. The molecule has 0 rings (SSSR count). The molecule has 5 heteroatoms. The molecule has 0 unspecified atom stereocenters. The van der Waals surface area contributed by atoms with Crippen LogP contribution in [0.4, 0.5) is 0 Å². The maximum Gasteiger partial charge on any atom is 0 e. The maximum absolute atomic E-state index is 8.38. The van der Waals surface area contributed by atoms with Crippen molar-refractivity contribution < 1.29 is 65.3 Å². The first-order chi connectivity index (χ1) is 1.00. The Bertz CT molecular complexity index is 11.6. The van der Waals surface area contributed by atoms with Gasteiger partial charge in [-0.15, -0.1) is 0 Å². The van der Waals surface area contributed by atoms with Crippen LogP contribution in [0.1, 0.15) is 0 Å². The minimum atomic E-state index is 0. The molecule has 19 valence electrons. The largest absolute Gasteiger partial charge is 0 e. The molecule has 0 heterocycles. The van der Waals surface area contributed by atoms with Crippen molar-refractivity contribution >= 4 is 37.4 Å². The molecule has 5 heavy (non-hydrogen) atoms. The summed E-state index contributed by atoms with van der Waals surface area (Å²) in [5.41, 5.74) is 0. The average molecular weight is 325 g/mol. The molecule has 0 aromatic rings. The molecule has 0 aromatic heterocycles. The molecule has 0 amide bonds. The summed E-state index contributed by atoms with van der Waals surface area (Å²) >= 11 is 0.125. The van der Waals surface area contributed by atoms with E-state index < -0.39 is 0 Å². The first kappa shape index (κ1) is 24.3. The van der Waals surface area contributed by atoms with Crippen molar-refractivity contribution in [3.05, 3.63) is 0 Å². The van der Waals surface area contributed by atoms with Crippen molar-refractivity contribution in [3.8, 4) is 0 Å². The van der Waals surface area contributed by atoms with Gasteiger partial charge in [0.15, 0.2) is 0 Å². The fourth-order valence-corrected chi connectivity index (χ4v) is 0. The van der Waals surface area contributed by atoms with E-state index in [9.17, 15) is 0 Å². The molecular formula is H2GaLaLiOZr. The Labute approximate surface area is 101 Å². The van der Waals surface area contributed by atoms with E-state index in [-0.39, 0.29) is 99.2 Å². The monoisotopic (exact) mass is 323 g/mol. The van der Waals surface area contributed by atoms with Crippen molar-refractivity contribution in [2.45, 2.75) is 0 Å². The molecule has 0 aliphatic heterocycles. The van der Waals surface area contributed by atoms with Crippen LogP contribution in [-0.2, 0) is 29.7 Å². The van der Waals surface area contributed by atoms with Crippen molar-refractivity contribution in [2.24, 2.45) is 0 Å². The van der Waals surface area contributed by atoms with E-state index >= 15 is 0 Å². The molecule has 0 spiro atoms. The normalized spacial score (nSPS) is 0.600. The molecular weight excluding hydrogens is 323 g/mol. The van der Waals surface area contributed by atoms with Gasteiger partial charge >= 0.3 is 41.0 Å². The van der Waals surface area contributed by atoms with Gasteiger partial charge in [0.25, 0.3) is 0 Å². The van der Waals surface area contributed by atoms with Crippen molar-refractivity contribution in [2.75, 3.05) is 0 Å². The number of hydrogen-bond acceptors (Lipinski definition) is 1. The van der Waals surface area contributed by atoms with Crippen LogP contribution < -0.4 is 0 Å². The zero-order chi connectivity index (χ0) is 2.00. The Morgan fingerprint density at radius 3 is 1.20 bits per heavy atom. The second-order valence-electron chi connectivity index (χ2n) is 0. The van der Waals surface area contributed by atoms with Gasteiger partial charge in [0, 0.05) is 61.8 Å². The maximum atomic E-state index is 8.38. The summed E-state index contributed by atoms with van der Waals surface area (Å²) in [6.45, 7) is 0. The van der Waals surface area contributed by atoms with Crippen molar-refractivity contribution in [1.82, 2.24) is 0 Å². The molecule has 1 nitrogen and oxygen atoms in total. The Kier molecular flexibility index (Phi) is 133. The smallest absolute Gasteiger partial charge is 0 e. The number of rotatable bonds is 0. The van der Waals surface area contributed by atoms with E-state index in [1.54, 1.807) is 0 Å². The first-order valence-corrected chi connectivity index (χ1v) is 1.50. The second kappa shape index (κ2) is 27.4. The third-order valence-corrected chi connectivity index (χ3v) is 0. The molecule has 0 aliphatic rings. The van der Waals surface area contributed by atoms with Gasteiger partial charge in [0.05, 0.1) is 0 Å². The van der Waals surface area contributed by atoms with Gasteiger partial charge in [0.2, 0.25) is 0 Å². The fraction of sp³-hybridized carbons (Fsp3) is 0. The van der Waals surface area contributed by atoms with Crippen molar-refractivity contribution in [1.29, 1.82) is 0 Å². The van der Waals surface area contributed by atoms with E-state index in [1.165, 1.54) is 0 Å². The summed E-state index contributed by atoms with van der Waals surface area (Å²) < 4.78 is 8.38. The Morgan fingerprint density at radius 2 is 1.20 bits per heavy atom. The van der Waals surface area contributed by atoms with E-state index in [0.29, 0.717) is 0 Å². The van der Waals surface area contributed by atoms with Gasteiger partial charge in [-0.1, -0.05) is 0 Å². The van der Waals surface area contributed by atoms with Gasteiger partial charge in [-0.25, -0.2) is 0 Å². The minimum Gasteiger partial charge on any atom is 0 e. The Hall–Kier alpha value is 3.11. The van der Waals surface area contributed by atoms with Crippen LogP contribution in [0.5, 0.6) is 0 Å². The van der Waals surface area contributed by atoms with Crippen LogP contribution in [0.2, 0.25) is 0 Å². The minimum absolute atomic E-state index is 0. The number of hydrogen-bond donors (Lipinski definition) is 0. The summed E-state index contributed by atoms with van der Waals surface area (Å²) in [5, 5.41) is 0. The predicted molar refractivity (Wildman–Crippen MR) is 15.0 cm³/mol. The molecule has 0 fully saturated rings. The Morgan fingerprint density at radius 1 is 1.20 bits per heavy atom. The first-order valence-electron chi connectivity index (χ1n) is 0.289. The second-order valence-corrected chi connectivity index (χ2v) is 0. The van der Waals surface area contributed by atoms with Crippen LogP contribution in [0.3, 0.4) is 0 Å². The molecule has 0 saturated carbocycles. The van der Waals surface area contributed by atoms with Crippen molar-refractivity contribution in [3.63, 3.8) is 0 Å². The van der Waals surface area contributed by atoms with Gasteiger partial charge in [-0.2, -0.15) is 0 Å². The molecule has 0 aromatic carbocycles. The van der Waals surface area contributed by atoms with Crippen LogP contribution >= 0.6 is 0 Å². The molecule has 0 atom stereocenters. The summed E-state index contributed by atoms with van der Waals surface area (Å²) in [7, 11) is 0. The van der Waals surface area contributed by atoms with Crippen LogP contribution in [0.15, 0.2) is 0 Å². The topological polar surface area (TPSA) is 17.1 Å². The van der Waals surface area contributed by atoms with E-state index in [2.05, 4.69) is 0 Å². The van der Waals surface area contributed by atoms with Crippen LogP contribution in [0, 0.1) is 35.6 Å². The third kappa shape index (κ3) is 19.2. The van der Waals surface area contributed by atoms with E-state index in [4.69, 9.17) is 3.54 Å². The predicted octanol–water partition coefficient (Wildman–Crippen LogP) is -1.42. The third-order valence-electron chi connectivity index (χ3n) is 0. The zero-order valence-electron chi connectivity index (χ0n) is 2.19. The molecule has 0 aliphatic carbocycles. The van der Waals surface area contributed by atoms with Crippen LogP contribution in [0.25, 0.3) is 0 Å². The zero-order valence-corrected chi connectivity index (χ0v) is 11.2. The molecule has 0 bridgehead atoms.